The topological polar surface area (TPSA) is 83.6 Å². The molecule has 1 N–H and O–H groups in total. The van der Waals surface area contributed by atoms with Gasteiger partial charge in [0.2, 0.25) is 15.9 Å². The van der Waals surface area contributed by atoms with E-state index in [2.05, 4.69) is 5.32 Å². The van der Waals surface area contributed by atoms with Gasteiger partial charge in [-0.3, -0.25) is 9.59 Å². The first-order chi connectivity index (χ1) is 12.9. The molecule has 140 valence electrons. The Balaban J connectivity index is 1.56. The van der Waals surface area contributed by atoms with Crippen molar-refractivity contribution < 1.29 is 18.0 Å². The number of nitrogens with zero attached hydrogens (tertiary/aromatic N) is 1. The van der Waals surface area contributed by atoms with Gasteiger partial charge in [0.15, 0.2) is 5.78 Å². The summed E-state index contributed by atoms with van der Waals surface area (Å²) in [5.74, 6) is -0.487. The Bertz CT molecular complexity index is 1000. The lowest BCUT2D eigenvalue weighted by molar-refractivity contribution is -0.115. The molecule has 0 aliphatic carbocycles. The molecule has 4 rings (SSSR count). The van der Waals surface area contributed by atoms with Crippen LogP contribution in [0.15, 0.2) is 53.4 Å². The van der Waals surface area contributed by atoms with Crippen molar-refractivity contribution in [3.05, 3.63) is 59.7 Å². The van der Waals surface area contributed by atoms with Crippen LogP contribution >= 0.6 is 0 Å². The number of carbonyl (C=O) groups excluding carboxylic acids is 2. The number of nitrogens with one attached hydrogen (secondary N) is 1. The van der Waals surface area contributed by atoms with Crippen molar-refractivity contribution in [3.63, 3.8) is 0 Å². The van der Waals surface area contributed by atoms with Crippen LogP contribution in [0.2, 0.25) is 0 Å². The van der Waals surface area contributed by atoms with Crippen LogP contribution in [0.25, 0.3) is 0 Å². The van der Waals surface area contributed by atoms with Gasteiger partial charge in [0, 0.05) is 30.3 Å². The number of carbonyl (C=O) groups is 2. The molecule has 1 saturated heterocycles. The van der Waals surface area contributed by atoms with Crippen molar-refractivity contribution in [2.75, 3.05) is 18.4 Å². The van der Waals surface area contributed by atoms with Crippen LogP contribution in [-0.4, -0.2) is 37.5 Å². The number of fused-ring (bicyclic) bond motifs is 1. The van der Waals surface area contributed by atoms with Crippen LogP contribution in [-0.2, 0) is 21.2 Å². The minimum Gasteiger partial charge on any atom is -0.326 e. The van der Waals surface area contributed by atoms with E-state index in [9.17, 15) is 18.0 Å². The minimum absolute atomic E-state index is 0.0146. The van der Waals surface area contributed by atoms with E-state index in [4.69, 9.17) is 0 Å². The number of sulfonamides is 1. The Morgan fingerprint density at radius 1 is 1.11 bits per heavy atom. The first-order valence-corrected chi connectivity index (χ1v) is 10.4. The van der Waals surface area contributed by atoms with E-state index < -0.39 is 10.0 Å². The molecule has 0 spiro atoms. The fraction of sp³-hybridized carbons (Fsp3) is 0.300. The van der Waals surface area contributed by atoms with Gasteiger partial charge in [0.25, 0.3) is 0 Å². The van der Waals surface area contributed by atoms with Crippen LogP contribution in [0, 0.1) is 5.92 Å². The van der Waals surface area contributed by atoms with Gasteiger partial charge in [0.1, 0.15) is 0 Å². The predicted molar refractivity (Wildman–Crippen MR) is 101 cm³/mol. The maximum atomic E-state index is 13.1. The van der Waals surface area contributed by atoms with Gasteiger partial charge in [-0.2, -0.15) is 4.31 Å². The summed E-state index contributed by atoms with van der Waals surface area (Å²) in [6, 6.07) is 13.7. The maximum absolute atomic E-state index is 13.1. The number of rotatable bonds is 4. The summed E-state index contributed by atoms with van der Waals surface area (Å²) in [7, 11) is -3.71. The van der Waals surface area contributed by atoms with Crippen LogP contribution in [0.3, 0.4) is 0 Å². The standard InChI is InChI=1S/C20H20N2O4S/c23-19-12-16-11-17(8-9-18(16)21-19)27(25,26)22-10-4-7-15(13-22)20(24)14-5-2-1-3-6-14/h1-3,5-6,8-9,11,15H,4,7,10,12-13H2,(H,21,23). The Hall–Kier alpha value is -2.51. The molecule has 1 fully saturated rings. The number of benzene rings is 2. The van der Waals surface area contributed by atoms with Crippen molar-refractivity contribution >= 4 is 27.4 Å². The molecule has 0 radical (unpaired) electrons. The molecule has 7 heteroatoms. The van der Waals surface area contributed by atoms with Gasteiger partial charge in [-0.25, -0.2) is 8.42 Å². The van der Waals surface area contributed by atoms with Gasteiger partial charge in [0.05, 0.1) is 11.3 Å². The van der Waals surface area contributed by atoms with Crippen molar-refractivity contribution in [2.45, 2.75) is 24.2 Å². The van der Waals surface area contributed by atoms with Crippen LogP contribution in [0.5, 0.6) is 0 Å². The summed E-state index contributed by atoms with van der Waals surface area (Å²) in [6.07, 6.45) is 1.52. The minimum atomic E-state index is -3.71. The summed E-state index contributed by atoms with van der Waals surface area (Å²) in [5, 5.41) is 2.70. The third-order valence-electron chi connectivity index (χ3n) is 5.15. The second-order valence-electron chi connectivity index (χ2n) is 6.98. The van der Waals surface area contributed by atoms with Crippen LogP contribution in [0.4, 0.5) is 5.69 Å². The first kappa shape index (κ1) is 17.9. The van der Waals surface area contributed by atoms with Crippen molar-refractivity contribution in [1.29, 1.82) is 0 Å². The fourth-order valence-electron chi connectivity index (χ4n) is 3.73. The molecule has 0 bridgehead atoms. The second-order valence-corrected chi connectivity index (χ2v) is 8.91. The van der Waals surface area contributed by atoms with Gasteiger partial charge in [-0.1, -0.05) is 30.3 Å². The first-order valence-electron chi connectivity index (χ1n) is 8.97. The second kappa shape index (κ2) is 6.90. The summed E-state index contributed by atoms with van der Waals surface area (Å²) >= 11 is 0. The normalized spacial score (nSPS) is 20.1. The number of ketones is 1. The number of hydrogen-bond acceptors (Lipinski definition) is 4. The highest BCUT2D eigenvalue weighted by molar-refractivity contribution is 7.89. The molecule has 1 amide bonds. The van der Waals surface area contributed by atoms with Gasteiger partial charge in [-0.05, 0) is 36.6 Å². The van der Waals surface area contributed by atoms with E-state index in [0.717, 1.165) is 0 Å². The highest BCUT2D eigenvalue weighted by Gasteiger charge is 2.34. The average Bonchev–Trinajstić information content (AvgIpc) is 3.07. The monoisotopic (exact) mass is 384 g/mol. The fourth-order valence-corrected chi connectivity index (χ4v) is 5.30. The highest BCUT2D eigenvalue weighted by Crippen LogP contribution is 2.30. The third kappa shape index (κ3) is 3.40. The molecule has 27 heavy (non-hydrogen) atoms. The van der Waals surface area contributed by atoms with Gasteiger partial charge >= 0.3 is 0 Å². The zero-order valence-electron chi connectivity index (χ0n) is 14.7. The Morgan fingerprint density at radius 2 is 1.89 bits per heavy atom. The van der Waals surface area contributed by atoms with E-state index >= 15 is 0 Å². The summed E-state index contributed by atoms with van der Waals surface area (Å²) in [5.41, 5.74) is 1.97. The smallest absolute Gasteiger partial charge is 0.243 e. The Morgan fingerprint density at radius 3 is 2.67 bits per heavy atom. The zero-order chi connectivity index (χ0) is 19.0. The summed E-state index contributed by atoms with van der Waals surface area (Å²) in [6.45, 7) is 0.583. The highest BCUT2D eigenvalue weighted by atomic mass is 32.2. The number of anilines is 1. The molecule has 2 aliphatic heterocycles. The number of Topliss-reactive ketones (excluding diaryl/α,β-unsaturated/α-hetero) is 1. The zero-order valence-corrected chi connectivity index (χ0v) is 15.5. The largest absolute Gasteiger partial charge is 0.326 e. The lowest BCUT2D eigenvalue weighted by Crippen LogP contribution is -2.42. The molecule has 2 aliphatic rings. The van der Waals surface area contributed by atoms with Crippen LogP contribution in [0.1, 0.15) is 28.8 Å². The number of piperidine rings is 1. The van der Waals surface area contributed by atoms with E-state index in [-0.39, 0.29) is 35.5 Å². The van der Waals surface area contributed by atoms with Crippen LogP contribution < -0.4 is 5.32 Å². The Kier molecular flexibility index (Phi) is 4.57. The summed E-state index contributed by atoms with van der Waals surface area (Å²) in [4.78, 5) is 24.4. The van der Waals surface area contributed by atoms with E-state index in [1.807, 2.05) is 18.2 Å². The molecule has 6 nitrogen and oxygen atoms in total. The van der Waals surface area contributed by atoms with Gasteiger partial charge < -0.3 is 5.32 Å². The molecule has 0 saturated carbocycles. The maximum Gasteiger partial charge on any atom is 0.243 e. The number of amides is 1. The Labute approximate surface area is 158 Å². The van der Waals surface area contributed by atoms with Crippen molar-refractivity contribution in [2.24, 2.45) is 5.92 Å². The quantitative estimate of drug-likeness (QED) is 0.821. The molecule has 0 aromatic heterocycles. The van der Waals surface area contributed by atoms with E-state index in [1.54, 1.807) is 24.3 Å². The molecule has 1 atom stereocenters. The molecule has 2 aromatic rings. The lowest BCUT2D eigenvalue weighted by atomic mass is 9.91. The lowest BCUT2D eigenvalue weighted by Gasteiger charge is -2.31. The molecular weight excluding hydrogens is 364 g/mol. The summed E-state index contributed by atoms with van der Waals surface area (Å²) < 4.78 is 27.6. The molecule has 1 unspecified atom stereocenters. The van der Waals surface area contributed by atoms with E-state index in [0.29, 0.717) is 36.2 Å². The predicted octanol–water partition coefficient (Wildman–Crippen LogP) is 2.46. The van der Waals surface area contributed by atoms with Gasteiger partial charge in [-0.15, -0.1) is 0 Å². The number of hydrogen-bond donors (Lipinski definition) is 1. The molecule has 2 heterocycles. The van der Waals surface area contributed by atoms with Crippen molar-refractivity contribution in [1.82, 2.24) is 4.31 Å². The SMILES string of the molecule is O=C1Cc2cc(S(=O)(=O)N3CCCC(C(=O)c4ccccc4)C3)ccc2N1. The third-order valence-corrected chi connectivity index (χ3v) is 7.01. The average molecular weight is 384 g/mol. The van der Waals surface area contributed by atoms with E-state index in [1.165, 1.54) is 10.4 Å². The molecule has 2 aromatic carbocycles. The molecular formula is C20H20N2O4S. The van der Waals surface area contributed by atoms with Crippen molar-refractivity contribution in [3.8, 4) is 0 Å².